The summed E-state index contributed by atoms with van der Waals surface area (Å²) in [5.41, 5.74) is 0.945. The highest BCUT2D eigenvalue weighted by atomic mass is 16.5. The zero-order valence-corrected chi connectivity index (χ0v) is 20.3. The first-order valence-electron chi connectivity index (χ1n) is 12.5. The quantitative estimate of drug-likeness (QED) is 0.653. The van der Waals surface area contributed by atoms with E-state index in [1.54, 1.807) is 33.8 Å². The van der Waals surface area contributed by atoms with Gasteiger partial charge in [-0.25, -0.2) is 4.79 Å². The largest absolute Gasteiger partial charge is 0.461 e. The van der Waals surface area contributed by atoms with E-state index in [2.05, 4.69) is 5.32 Å². The maximum Gasteiger partial charge on any atom is 0.331 e. The Morgan fingerprint density at radius 1 is 1.06 bits per heavy atom. The lowest BCUT2D eigenvalue weighted by atomic mass is 9.88. The molecule has 1 fully saturated rings. The van der Waals surface area contributed by atoms with Crippen molar-refractivity contribution < 1.29 is 14.3 Å². The van der Waals surface area contributed by atoms with Crippen molar-refractivity contribution in [1.82, 2.24) is 9.88 Å². The van der Waals surface area contributed by atoms with Crippen LogP contribution in [0.5, 0.6) is 0 Å². The molecule has 0 aromatic carbocycles. The number of amides is 1. The molecule has 32 heavy (non-hydrogen) atoms. The van der Waals surface area contributed by atoms with Crippen LogP contribution in [0.1, 0.15) is 107 Å². The molecular weight excluding hydrogens is 404 g/mol. The minimum atomic E-state index is -1.22. The number of nitrogens with one attached hydrogen (secondary N) is 1. The zero-order valence-electron chi connectivity index (χ0n) is 20.3. The van der Waals surface area contributed by atoms with Gasteiger partial charge in [-0.15, -0.1) is 0 Å². The minimum Gasteiger partial charge on any atom is -0.461 e. The second-order valence-electron chi connectivity index (χ2n) is 10.4. The SMILES string of the molecule is CC(C)OC(=O)C(C)(C)NC(=O)c1cc2c(n(CC3CCCCC3)c1=O)CCCCCC2. The monoisotopic (exact) mass is 444 g/mol. The topological polar surface area (TPSA) is 77.4 Å². The number of carbonyl (C=O) groups is 2. The van der Waals surface area contributed by atoms with Gasteiger partial charge in [-0.3, -0.25) is 9.59 Å². The van der Waals surface area contributed by atoms with E-state index in [0.717, 1.165) is 49.8 Å². The average molecular weight is 445 g/mol. The fourth-order valence-corrected chi connectivity index (χ4v) is 4.98. The third-order valence-electron chi connectivity index (χ3n) is 6.79. The Kier molecular flexibility index (Phi) is 8.18. The molecule has 0 aliphatic heterocycles. The third-order valence-corrected chi connectivity index (χ3v) is 6.79. The molecule has 178 valence electrons. The van der Waals surface area contributed by atoms with E-state index in [1.165, 1.54) is 32.1 Å². The number of hydrogen-bond donors (Lipinski definition) is 1. The molecule has 0 radical (unpaired) electrons. The van der Waals surface area contributed by atoms with Crippen molar-refractivity contribution in [3.05, 3.63) is 33.2 Å². The van der Waals surface area contributed by atoms with Crippen molar-refractivity contribution in [2.75, 3.05) is 0 Å². The molecule has 2 aliphatic rings. The fourth-order valence-electron chi connectivity index (χ4n) is 4.98. The van der Waals surface area contributed by atoms with Gasteiger partial charge in [0, 0.05) is 12.2 Å². The molecule has 1 heterocycles. The lowest BCUT2D eigenvalue weighted by molar-refractivity contribution is -0.153. The number of pyridine rings is 1. The number of ether oxygens (including phenoxy) is 1. The number of esters is 1. The summed E-state index contributed by atoms with van der Waals surface area (Å²) in [5.74, 6) is -0.510. The summed E-state index contributed by atoms with van der Waals surface area (Å²) < 4.78 is 7.20. The maximum atomic E-state index is 13.6. The molecule has 0 bridgehead atoms. The predicted molar refractivity (Wildman–Crippen MR) is 126 cm³/mol. The van der Waals surface area contributed by atoms with Crippen molar-refractivity contribution in [2.45, 2.75) is 117 Å². The average Bonchev–Trinajstić information content (AvgIpc) is 2.71. The summed E-state index contributed by atoms with van der Waals surface area (Å²) in [7, 11) is 0. The molecule has 0 saturated heterocycles. The zero-order chi connectivity index (χ0) is 23.3. The van der Waals surface area contributed by atoms with E-state index in [4.69, 9.17) is 4.74 Å². The maximum absolute atomic E-state index is 13.6. The van der Waals surface area contributed by atoms with Crippen LogP contribution >= 0.6 is 0 Å². The molecule has 0 atom stereocenters. The first-order chi connectivity index (χ1) is 15.2. The van der Waals surface area contributed by atoms with E-state index in [0.29, 0.717) is 12.5 Å². The van der Waals surface area contributed by atoms with Gasteiger partial charge >= 0.3 is 5.97 Å². The Balaban J connectivity index is 1.95. The van der Waals surface area contributed by atoms with Crippen LogP contribution in [0.3, 0.4) is 0 Å². The summed E-state index contributed by atoms with van der Waals surface area (Å²) in [6.45, 7) is 7.47. The number of nitrogens with zero attached hydrogens (tertiary/aromatic N) is 1. The van der Waals surface area contributed by atoms with Crippen LogP contribution in [0.15, 0.2) is 10.9 Å². The van der Waals surface area contributed by atoms with Gasteiger partial charge in [0.1, 0.15) is 11.1 Å². The first-order valence-corrected chi connectivity index (χ1v) is 12.5. The number of fused-ring (bicyclic) bond motifs is 1. The number of aryl methyl sites for hydroxylation is 1. The Morgan fingerprint density at radius 3 is 2.34 bits per heavy atom. The molecule has 1 amide bonds. The Labute approximate surface area is 192 Å². The molecule has 1 aromatic heterocycles. The third kappa shape index (κ3) is 6.02. The molecule has 6 nitrogen and oxygen atoms in total. The standard InChI is InChI=1S/C26H40N2O4/c1-18(2)32-25(31)26(3,4)27-23(29)21-16-20-14-10-5-6-11-15-22(20)28(24(21)30)17-19-12-8-7-9-13-19/h16,18-19H,5-15,17H2,1-4H3,(H,27,29). The van der Waals surface area contributed by atoms with Gasteiger partial charge in [-0.1, -0.05) is 32.1 Å². The molecule has 0 spiro atoms. The highest BCUT2D eigenvalue weighted by Crippen LogP contribution is 2.27. The molecule has 2 aliphatic carbocycles. The van der Waals surface area contributed by atoms with Crippen LogP contribution in [-0.4, -0.2) is 28.1 Å². The lowest BCUT2D eigenvalue weighted by Crippen LogP contribution is -2.52. The molecule has 1 saturated carbocycles. The van der Waals surface area contributed by atoms with Crippen LogP contribution in [-0.2, 0) is 28.9 Å². The van der Waals surface area contributed by atoms with Crippen molar-refractivity contribution in [3.8, 4) is 0 Å². The second kappa shape index (κ2) is 10.7. The number of rotatable bonds is 6. The smallest absolute Gasteiger partial charge is 0.331 e. The summed E-state index contributed by atoms with van der Waals surface area (Å²) in [6.07, 6.45) is 12.0. The van der Waals surface area contributed by atoms with Gasteiger partial charge < -0.3 is 14.6 Å². The molecule has 1 aromatic rings. The highest BCUT2D eigenvalue weighted by molar-refractivity contribution is 5.97. The normalized spacial score (nSPS) is 17.9. The number of aromatic nitrogens is 1. The van der Waals surface area contributed by atoms with Gasteiger partial charge in [0.2, 0.25) is 0 Å². The number of carbonyl (C=O) groups excluding carboxylic acids is 2. The summed E-state index contributed by atoms with van der Waals surface area (Å²) in [4.78, 5) is 39.2. The van der Waals surface area contributed by atoms with Crippen molar-refractivity contribution in [2.24, 2.45) is 5.92 Å². The van der Waals surface area contributed by atoms with E-state index >= 15 is 0 Å². The lowest BCUT2D eigenvalue weighted by Gasteiger charge is -2.28. The van der Waals surface area contributed by atoms with Crippen LogP contribution in [0.25, 0.3) is 0 Å². The molecule has 1 N–H and O–H groups in total. The van der Waals surface area contributed by atoms with Gasteiger partial charge in [-0.2, -0.15) is 0 Å². The highest BCUT2D eigenvalue weighted by Gasteiger charge is 2.33. The van der Waals surface area contributed by atoms with Crippen molar-refractivity contribution in [1.29, 1.82) is 0 Å². The predicted octanol–water partition coefficient (Wildman–Crippen LogP) is 4.55. The van der Waals surface area contributed by atoms with Crippen molar-refractivity contribution in [3.63, 3.8) is 0 Å². The molecular formula is C26H40N2O4. The van der Waals surface area contributed by atoms with E-state index in [9.17, 15) is 14.4 Å². The Bertz CT molecular complexity index is 879. The van der Waals surface area contributed by atoms with Gasteiger partial charge in [0.15, 0.2) is 0 Å². The fraction of sp³-hybridized carbons (Fsp3) is 0.731. The summed E-state index contributed by atoms with van der Waals surface area (Å²) in [5, 5.41) is 2.76. The van der Waals surface area contributed by atoms with Gasteiger partial charge in [0.25, 0.3) is 11.5 Å². The molecule has 3 rings (SSSR count). The van der Waals surface area contributed by atoms with Crippen LogP contribution in [0, 0.1) is 5.92 Å². The van der Waals surface area contributed by atoms with E-state index in [-0.39, 0.29) is 17.2 Å². The van der Waals surface area contributed by atoms with Crippen LogP contribution in [0.2, 0.25) is 0 Å². The van der Waals surface area contributed by atoms with E-state index in [1.807, 2.05) is 4.57 Å². The summed E-state index contributed by atoms with van der Waals surface area (Å²) >= 11 is 0. The second-order valence-corrected chi connectivity index (χ2v) is 10.4. The van der Waals surface area contributed by atoms with Gasteiger partial charge in [0.05, 0.1) is 6.10 Å². The molecule has 6 heteroatoms. The van der Waals surface area contributed by atoms with Crippen LogP contribution < -0.4 is 10.9 Å². The molecule has 0 unspecified atom stereocenters. The van der Waals surface area contributed by atoms with Gasteiger partial charge in [-0.05, 0) is 83.8 Å². The van der Waals surface area contributed by atoms with E-state index < -0.39 is 17.4 Å². The Hall–Kier alpha value is -2.11. The minimum absolute atomic E-state index is 0.144. The van der Waals surface area contributed by atoms with Crippen LogP contribution in [0.4, 0.5) is 0 Å². The number of hydrogen-bond acceptors (Lipinski definition) is 4. The van der Waals surface area contributed by atoms with Crippen molar-refractivity contribution >= 4 is 11.9 Å². The Morgan fingerprint density at radius 2 is 1.69 bits per heavy atom. The first kappa shape index (κ1) is 24.5. The summed E-state index contributed by atoms with van der Waals surface area (Å²) in [6, 6.07) is 1.79.